The molecule has 9 heteroatoms. The number of aromatic nitrogens is 1. The number of esters is 1. The van der Waals surface area contributed by atoms with Gasteiger partial charge in [-0.2, -0.15) is 4.31 Å². The van der Waals surface area contributed by atoms with E-state index in [1.807, 2.05) is 6.92 Å². The first kappa shape index (κ1) is 25.8. The minimum Gasteiger partial charge on any atom is -0.464 e. The highest BCUT2D eigenvalue weighted by Gasteiger charge is 2.36. The second-order valence-electron chi connectivity index (χ2n) is 7.50. The molecule has 0 amide bonds. The third kappa shape index (κ3) is 5.11. The van der Waals surface area contributed by atoms with E-state index in [2.05, 4.69) is 0 Å². The van der Waals surface area contributed by atoms with Crippen molar-refractivity contribution < 1.29 is 27.5 Å². The fraction of sp³-hybridized carbons (Fsp3) is 0.478. The van der Waals surface area contributed by atoms with Crippen LogP contribution in [0, 0.1) is 13.8 Å². The molecule has 0 saturated carbocycles. The maximum atomic E-state index is 13.6. The average molecular weight is 465 g/mol. The van der Waals surface area contributed by atoms with Crippen LogP contribution in [0.3, 0.4) is 0 Å². The van der Waals surface area contributed by atoms with E-state index in [4.69, 9.17) is 9.47 Å². The summed E-state index contributed by atoms with van der Waals surface area (Å²) in [4.78, 5) is 25.9. The zero-order chi connectivity index (χ0) is 24.1. The van der Waals surface area contributed by atoms with Crippen LogP contribution in [0.4, 0.5) is 0 Å². The molecule has 2 aromatic rings. The summed E-state index contributed by atoms with van der Waals surface area (Å²) in [6.07, 6.45) is 0.442. The lowest BCUT2D eigenvalue weighted by atomic mass is 10.0. The van der Waals surface area contributed by atoms with E-state index < -0.39 is 22.0 Å². The largest absolute Gasteiger partial charge is 0.464 e. The Morgan fingerprint density at radius 2 is 1.78 bits per heavy atom. The van der Waals surface area contributed by atoms with Crippen molar-refractivity contribution in [1.29, 1.82) is 0 Å². The van der Waals surface area contributed by atoms with Crippen molar-refractivity contribution in [1.82, 2.24) is 8.87 Å². The molecule has 0 bridgehead atoms. The van der Waals surface area contributed by atoms with Gasteiger partial charge in [0, 0.05) is 38.1 Å². The number of nitrogens with zero attached hydrogens (tertiary/aromatic N) is 2. The fourth-order valence-corrected chi connectivity index (χ4v) is 5.44. The summed E-state index contributed by atoms with van der Waals surface area (Å²) in [5, 5.41) is 0. The molecule has 0 spiro atoms. The van der Waals surface area contributed by atoms with Gasteiger partial charge in [-0.05, 0) is 51.8 Å². The van der Waals surface area contributed by atoms with Gasteiger partial charge in [-0.3, -0.25) is 4.79 Å². The number of carbonyl (C=O) groups excluding carboxylic acids is 2. The molecule has 0 N–H and O–H groups in total. The quantitative estimate of drug-likeness (QED) is 0.288. The van der Waals surface area contributed by atoms with Crippen LogP contribution in [0.1, 0.15) is 52.4 Å². The summed E-state index contributed by atoms with van der Waals surface area (Å²) in [5.41, 5.74) is 1.65. The van der Waals surface area contributed by atoms with Gasteiger partial charge in [0.25, 0.3) is 0 Å². The summed E-state index contributed by atoms with van der Waals surface area (Å²) in [5.74, 6) is -0.924. The highest BCUT2D eigenvalue weighted by Crippen LogP contribution is 2.27. The average Bonchev–Trinajstić information content (AvgIpc) is 3.00. The zero-order valence-corrected chi connectivity index (χ0v) is 20.4. The van der Waals surface area contributed by atoms with Gasteiger partial charge >= 0.3 is 5.97 Å². The summed E-state index contributed by atoms with van der Waals surface area (Å²) in [7, 11) is -0.976. The topological polar surface area (TPSA) is 94.9 Å². The summed E-state index contributed by atoms with van der Waals surface area (Å²) < 4.78 is 39.9. The van der Waals surface area contributed by atoms with Crippen molar-refractivity contribution in [3.05, 3.63) is 52.8 Å². The number of carbonyl (C=O) groups is 2. The SMILES string of the molecule is CCOCCCN([C@@H](C)C(=O)c1c(C)c(C(=O)OC)n(C)c1C)S(=O)(=O)c1ccccc1. The Morgan fingerprint density at radius 3 is 2.34 bits per heavy atom. The molecule has 1 aromatic heterocycles. The van der Waals surface area contributed by atoms with E-state index in [1.165, 1.54) is 23.5 Å². The maximum Gasteiger partial charge on any atom is 0.354 e. The van der Waals surface area contributed by atoms with E-state index in [9.17, 15) is 18.0 Å². The number of rotatable bonds is 11. The van der Waals surface area contributed by atoms with Crippen LogP contribution in [0.15, 0.2) is 35.2 Å². The van der Waals surface area contributed by atoms with Crippen molar-refractivity contribution in [2.24, 2.45) is 7.05 Å². The highest BCUT2D eigenvalue weighted by molar-refractivity contribution is 7.89. The maximum absolute atomic E-state index is 13.6. The molecule has 1 heterocycles. The van der Waals surface area contributed by atoms with E-state index in [0.29, 0.717) is 36.5 Å². The number of Topliss-reactive ketones (excluding diaryl/α,β-unsaturated/α-hetero) is 1. The molecule has 176 valence electrons. The minimum atomic E-state index is -3.93. The minimum absolute atomic E-state index is 0.118. The van der Waals surface area contributed by atoms with E-state index in [1.54, 1.807) is 50.6 Å². The number of benzene rings is 1. The van der Waals surface area contributed by atoms with Gasteiger partial charge in [0.1, 0.15) is 5.69 Å². The molecule has 0 unspecified atom stereocenters. The van der Waals surface area contributed by atoms with Crippen molar-refractivity contribution in [2.45, 2.75) is 45.1 Å². The summed E-state index contributed by atoms with van der Waals surface area (Å²) in [6.45, 7) is 7.87. The lowest BCUT2D eigenvalue weighted by Gasteiger charge is -2.28. The molecule has 32 heavy (non-hydrogen) atoms. The van der Waals surface area contributed by atoms with Gasteiger partial charge < -0.3 is 14.0 Å². The normalized spacial score (nSPS) is 12.7. The smallest absolute Gasteiger partial charge is 0.354 e. The van der Waals surface area contributed by atoms with Crippen LogP contribution in [-0.4, -0.2) is 62.0 Å². The molecule has 8 nitrogen and oxygen atoms in total. The number of ketones is 1. The van der Waals surface area contributed by atoms with E-state index >= 15 is 0 Å². The lowest BCUT2D eigenvalue weighted by Crippen LogP contribution is -2.44. The van der Waals surface area contributed by atoms with Gasteiger partial charge in [0.05, 0.1) is 18.0 Å². The third-order valence-corrected chi connectivity index (χ3v) is 7.57. The molecule has 0 radical (unpaired) electrons. The van der Waals surface area contributed by atoms with Gasteiger partial charge in [0.15, 0.2) is 5.78 Å². The van der Waals surface area contributed by atoms with Crippen molar-refractivity contribution >= 4 is 21.8 Å². The summed E-state index contributed by atoms with van der Waals surface area (Å²) in [6, 6.07) is 7.06. The van der Waals surface area contributed by atoms with E-state index in [0.717, 1.165) is 0 Å². The predicted molar refractivity (Wildman–Crippen MR) is 121 cm³/mol. The first-order valence-electron chi connectivity index (χ1n) is 10.5. The monoisotopic (exact) mass is 464 g/mol. The Bertz CT molecular complexity index is 1060. The predicted octanol–water partition coefficient (Wildman–Crippen LogP) is 3.12. The van der Waals surface area contributed by atoms with Crippen LogP contribution in [0.5, 0.6) is 0 Å². The Morgan fingerprint density at radius 1 is 1.16 bits per heavy atom. The zero-order valence-electron chi connectivity index (χ0n) is 19.5. The molecule has 1 aromatic carbocycles. The van der Waals surface area contributed by atoms with Crippen molar-refractivity contribution in [3.63, 3.8) is 0 Å². The number of methoxy groups -OCH3 is 1. The van der Waals surface area contributed by atoms with Gasteiger partial charge in [-0.1, -0.05) is 18.2 Å². The van der Waals surface area contributed by atoms with Gasteiger partial charge in [0.2, 0.25) is 10.0 Å². The Hall–Kier alpha value is -2.49. The molecule has 0 aliphatic carbocycles. The Balaban J connectivity index is 2.49. The third-order valence-electron chi connectivity index (χ3n) is 5.59. The first-order chi connectivity index (χ1) is 15.1. The molecular weight excluding hydrogens is 432 g/mol. The van der Waals surface area contributed by atoms with Crippen LogP contribution in [0.25, 0.3) is 0 Å². The molecule has 1 atom stereocenters. The number of hydrogen-bond acceptors (Lipinski definition) is 6. The lowest BCUT2D eigenvalue weighted by molar-refractivity contribution is 0.0588. The number of sulfonamides is 1. The van der Waals surface area contributed by atoms with Crippen LogP contribution in [-0.2, 0) is 26.5 Å². The Labute approximate surface area is 190 Å². The molecule has 0 aliphatic heterocycles. The van der Waals surface area contributed by atoms with Gasteiger partial charge in [-0.15, -0.1) is 0 Å². The second-order valence-corrected chi connectivity index (χ2v) is 9.39. The van der Waals surface area contributed by atoms with Gasteiger partial charge in [-0.25, -0.2) is 13.2 Å². The second kappa shape index (κ2) is 10.9. The molecule has 0 fully saturated rings. The number of hydrogen-bond donors (Lipinski definition) is 0. The van der Waals surface area contributed by atoms with Crippen molar-refractivity contribution in [2.75, 3.05) is 26.9 Å². The molecule has 2 rings (SSSR count). The van der Waals surface area contributed by atoms with Crippen LogP contribution < -0.4 is 0 Å². The molecular formula is C23H32N2O6S. The Kier molecular flexibility index (Phi) is 8.77. The van der Waals surface area contributed by atoms with Crippen LogP contribution >= 0.6 is 0 Å². The standard InChI is InChI=1S/C23H32N2O6S/c1-7-31-15-11-14-25(32(28,29)19-12-9-8-10-13-19)18(4)22(26)20-16(2)21(23(27)30-6)24(5)17(20)3/h8-10,12-13,18H,7,11,14-15H2,1-6H3/t18-/m0/s1. The number of ether oxygens (including phenoxy) is 2. The van der Waals surface area contributed by atoms with E-state index in [-0.39, 0.29) is 22.9 Å². The fourth-order valence-electron chi connectivity index (χ4n) is 3.78. The van der Waals surface area contributed by atoms with Crippen LogP contribution in [0.2, 0.25) is 0 Å². The van der Waals surface area contributed by atoms with Crippen molar-refractivity contribution in [3.8, 4) is 0 Å². The first-order valence-corrected chi connectivity index (χ1v) is 12.0. The highest BCUT2D eigenvalue weighted by atomic mass is 32.2. The molecule has 0 saturated heterocycles. The molecule has 0 aliphatic rings. The summed E-state index contributed by atoms with van der Waals surface area (Å²) >= 11 is 0.